The van der Waals surface area contributed by atoms with E-state index in [0.29, 0.717) is 6.54 Å². The molecule has 0 atom stereocenters. The highest BCUT2D eigenvalue weighted by molar-refractivity contribution is 5.30. The Labute approximate surface area is 77.0 Å². The Morgan fingerprint density at radius 3 is 2.31 bits per heavy atom. The van der Waals surface area contributed by atoms with Crippen molar-refractivity contribution in [2.24, 2.45) is 0 Å². The molecule has 0 saturated heterocycles. The van der Waals surface area contributed by atoms with Gasteiger partial charge in [-0.15, -0.1) is 0 Å². The van der Waals surface area contributed by atoms with Gasteiger partial charge in [0.2, 0.25) is 0 Å². The molecule has 3 heteroatoms. The van der Waals surface area contributed by atoms with E-state index in [0.717, 1.165) is 24.0 Å². The zero-order valence-electron chi connectivity index (χ0n) is 7.33. The largest absolute Gasteiger partial charge is 0.385 e. The molecule has 1 aliphatic carbocycles. The monoisotopic (exact) mass is 179 g/mol. The topological polar surface area (TPSA) is 52.5 Å². The summed E-state index contributed by atoms with van der Waals surface area (Å²) in [5.41, 5.74) is 3.54. The van der Waals surface area contributed by atoms with Gasteiger partial charge in [-0.05, 0) is 24.0 Å². The number of hydrogen-bond donors (Lipinski definition) is 3. The first-order chi connectivity index (χ1) is 6.24. The van der Waals surface area contributed by atoms with E-state index in [1.165, 1.54) is 0 Å². The van der Waals surface area contributed by atoms with Crippen LogP contribution in [0.15, 0.2) is 24.3 Å². The second-order valence-corrected chi connectivity index (χ2v) is 3.56. The molecule has 0 amide bonds. The Bertz CT molecular complexity index is 290. The summed E-state index contributed by atoms with van der Waals surface area (Å²) in [6.45, 7) is 0.443. The zero-order valence-corrected chi connectivity index (χ0v) is 7.33. The van der Waals surface area contributed by atoms with Gasteiger partial charge in [-0.2, -0.15) is 0 Å². The summed E-state index contributed by atoms with van der Waals surface area (Å²) in [5, 5.41) is 18.2. The molecule has 1 aromatic carbocycles. The predicted molar refractivity (Wildman–Crippen MR) is 48.2 cm³/mol. The maximum Gasteiger partial charge on any atom is 0.0899 e. The molecule has 3 nitrogen and oxygen atoms in total. The highest BCUT2D eigenvalue weighted by Gasteiger charge is 2.41. The molecule has 1 aliphatic rings. The van der Waals surface area contributed by atoms with Gasteiger partial charge in [-0.25, -0.2) is 5.48 Å². The van der Waals surface area contributed by atoms with E-state index in [-0.39, 0.29) is 0 Å². The number of benzene rings is 1. The van der Waals surface area contributed by atoms with E-state index in [1.807, 2.05) is 24.3 Å². The summed E-state index contributed by atoms with van der Waals surface area (Å²) in [7, 11) is 0. The van der Waals surface area contributed by atoms with Crippen LogP contribution in [0.3, 0.4) is 0 Å². The third kappa shape index (κ3) is 1.72. The first-order valence-electron chi connectivity index (χ1n) is 4.43. The van der Waals surface area contributed by atoms with Crippen molar-refractivity contribution in [2.45, 2.75) is 25.0 Å². The SMILES string of the molecule is ONCc1ccc(C2(O)CC2)cc1. The van der Waals surface area contributed by atoms with E-state index >= 15 is 0 Å². The van der Waals surface area contributed by atoms with Crippen molar-refractivity contribution >= 4 is 0 Å². The van der Waals surface area contributed by atoms with Gasteiger partial charge in [0.15, 0.2) is 0 Å². The minimum Gasteiger partial charge on any atom is -0.385 e. The standard InChI is InChI=1S/C10H13NO2/c12-10(5-6-10)9-3-1-8(2-4-9)7-11-13/h1-4,11-13H,5-7H2. The molecule has 0 spiro atoms. The molecule has 0 aliphatic heterocycles. The molecule has 13 heavy (non-hydrogen) atoms. The van der Waals surface area contributed by atoms with Crippen molar-refractivity contribution in [3.8, 4) is 0 Å². The number of aliphatic hydroxyl groups is 1. The highest BCUT2D eigenvalue weighted by Crippen LogP contribution is 2.45. The lowest BCUT2D eigenvalue weighted by Crippen LogP contribution is -2.07. The molecular weight excluding hydrogens is 166 g/mol. The first-order valence-corrected chi connectivity index (χ1v) is 4.43. The average Bonchev–Trinajstić information content (AvgIpc) is 2.87. The molecule has 3 N–H and O–H groups in total. The van der Waals surface area contributed by atoms with Crippen LogP contribution in [0.2, 0.25) is 0 Å². The zero-order chi connectivity index (χ0) is 9.31. The lowest BCUT2D eigenvalue weighted by atomic mass is 10.1. The van der Waals surface area contributed by atoms with E-state index in [9.17, 15) is 5.11 Å². The maximum absolute atomic E-state index is 9.76. The van der Waals surface area contributed by atoms with Crippen LogP contribution in [0, 0.1) is 0 Å². The first kappa shape index (κ1) is 8.69. The maximum atomic E-state index is 9.76. The van der Waals surface area contributed by atoms with Crippen LogP contribution >= 0.6 is 0 Å². The smallest absolute Gasteiger partial charge is 0.0899 e. The third-order valence-electron chi connectivity index (χ3n) is 2.50. The molecule has 1 saturated carbocycles. The Hall–Kier alpha value is -0.900. The van der Waals surface area contributed by atoms with Gasteiger partial charge >= 0.3 is 0 Å². The minimum atomic E-state index is -0.550. The van der Waals surface area contributed by atoms with Crippen molar-refractivity contribution in [3.05, 3.63) is 35.4 Å². The van der Waals surface area contributed by atoms with Crippen LogP contribution in [0.5, 0.6) is 0 Å². The predicted octanol–water partition coefficient (Wildman–Crippen LogP) is 1.15. The normalized spacial score (nSPS) is 18.6. The van der Waals surface area contributed by atoms with E-state index < -0.39 is 5.60 Å². The lowest BCUT2D eigenvalue weighted by Gasteiger charge is -2.08. The third-order valence-corrected chi connectivity index (χ3v) is 2.50. The highest BCUT2D eigenvalue weighted by atomic mass is 16.5. The molecule has 1 aromatic rings. The molecule has 0 aromatic heterocycles. The molecule has 0 unspecified atom stereocenters. The van der Waals surface area contributed by atoms with Crippen LogP contribution < -0.4 is 5.48 Å². The summed E-state index contributed by atoms with van der Waals surface area (Å²) < 4.78 is 0. The van der Waals surface area contributed by atoms with E-state index in [2.05, 4.69) is 5.48 Å². The fourth-order valence-electron chi connectivity index (χ4n) is 1.43. The summed E-state index contributed by atoms with van der Waals surface area (Å²) in [4.78, 5) is 0. The van der Waals surface area contributed by atoms with Gasteiger partial charge in [0.1, 0.15) is 0 Å². The second-order valence-electron chi connectivity index (χ2n) is 3.56. The number of hydroxylamine groups is 1. The number of hydrogen-bond acceptors (Lipinski definition) is 3. The van der Waals surface area contributed by atoms with Crippen molar-refractivity contribution in [1.82, 2.24) is 5.48 Å². The molecule has 2 rings (SSSR count). The number of nitrogens with one attached hydrogen (secondary N) is 1. The van der Waals surface area contributed by atoms with E-state index in [1.54, 1.807) is 0 Å². The Morgan fingerprint density at radius 2 is 1.85 bits per heavy atom. The molecule has 0 bridgehead atoms. The van der Waals surface area contributed by atoms with Crippen LogP contribution in [-0.2, 0) is 12.1 Å². The van der Waals surface area contributed by atoms with Crippen molar-refractivity contribution < 1.29 is 10.3 Å². The van der Waals surface area contributed by atoms with Gasteiger partial charge in [-0.1, -0.05) is 24.3 Å². The van der Waals surface area contributed by atoms with Gasteiger partial charge < -0.3 is 10.3 Å². The van der Waals surface area contributed by atoms with Gasteiger partial charge in [-0.3, -0.25) is 0 Å². The molecule has 1 fully saturated rings. The van der Waals surface area contributed by atoms with Gasteiger partial charge in [0, 0.05) is 6.54 Å². The molecule has 0 radical (unpaired) electrons. The number of rotatable bonds is 3. The fraction of sp³-hybridized carbons (Fsp3) is 0.400. The molecular formula is C10H13NO2. The van der Waals surface area contributed by atoms with Gasteiger partial charge in [0.05, 0.1) is 5.60 Å². The van der Waals surface area contributed by atoms with Crippen molar-refractivity contribution in [2.75, 3.05) is 0 Å². The second kappa shape index (κ2) is 3.10. The Kier molecular flexibility index (Phi) is 2.07. The van der Waals surface area contributed by atoms with Gasteiger partial charge in [0.25, 0.3) is 0 Å². The summed E-state index contributed by atoms with van der Waals surface area (Å²) in [6, 6.07) is 7.66. The summed E-state index contributed by atoms with van der Waals surface area (Å²) >= 11 is 0. The van der Waals surface area contributed by atoms with E-state index in [4.69, 9.17) is 5.21 Å². The molecule has 70 valence electrons. The van der Waals surface area contributed by atoms with Crippen molar-refractivity contribution in [1.29, 1.82) is 0 Å². The molecule has 0 heterocycles. The Balaban J connectivity index is 2.14. The average molecular weight is 179 g/mol. The summed E-state index contributed by atoms with van der Waals surface area (Å²) in [6.07, 6.45) is 1.73. The lowest BCUT2D eigenvalue weighted by molar-refractivity contribution is 0.151. The quantitative estimate of drug-likeness (QED) is 0.610. The Morgan fingerprint density at radius 1 is 1.23 bits per heavy atom. The summed E-state index contributed by atoms with van der Waals surface area (Å²) in [5.74, 6) is 0. The van der Waals surface area contributed by atoms with Crippen LogP contribution in [0.1, 0.15) is 24.0 Å². The van der Waals surface area contributed by atoms with Crippen molar-refractivity contribution in [3.63, 3.8) is 0 Å². The van der Waals surface area contributed by atoms with Crippen LogP contribution in [0.4, 0.5) is 0 Å². The van der Waals surface area contributed by atoms with Crippen LogP contribution in [-0.4, -0.2) is 10.3 Å². The fourth-order valence-corrected chi connectivity index (χ4v) is 1.43. The minimum absolute atomic E-state index is 0.443. The van der Waals surface area contributed by atoms with Crippen LogP contribution in [0.25, 0.3) is 0 Å².